The second kappa shape index (κ2) is 9.39. The molecule has 0 aromatic heterocycles. The van der Waals surface area contributed by atoms with Gasteiger partial charge in [-0.2, -0.15) is 0 Å². The normalized spacial score (nSPS) is 12.3. The Balaban J connectivity index is 1.28. The molecule has 0 saturated carbocycles. The number of halogens is 1. The van der Waals surface area contributed by atoms with Gasteiger partial charge in [0, 0.05) is 29.4 Å². The van der Waals surface area contributed by atoms with Gasteiger partial charge in [-0.15, -0.1) is 0 Å². The first-order valence-electron chi connectivity index (χ1n) is 10.9. The number of hydrogen-bond donors (Lipinski definition) is 1. The third kappa shape index (κ3) is 4.86. The van der Waals surface area contributed by atoms with E-state index < -0.39 is 0 Å². The van der Waals surface area contributed by atoms with Crippen LogP contribution in [-0.4, -0.2) is 12.5 Å². The summed E-state index contributed by atoms with van der Waals surface area (Å²) in [4.78, 5) is 15.3. The van der Waals surface area contributed by atoms with Crippen LogP contribution < -0.4 is 15.0 Å². The van der Waals surface area contributed by atoms with Gasteiger partial charge in [-0.25, -0.2) is 0 Å². The second-order valence-corrected chi connectivity index (χ2v) is 8.44. The van der Waals surface area contributed by atoms with Crippen LogP contribution in [-0.2, 0) is 13.0 Å². The Labute approximate surface area is 198 Å². The Morgan fingerprint density at radius 2 is 1.67 bits per heavy atom. The molecule has 0 saturated heterocycles. The van der Waals surface area contributed by atoms with Crippen LogP contribution in [0.2, 0.25) is 5.02 Å². The highest BCUT2D eigenvalue weighted by atomic mass is 35.5. The summed E-state index contributed by atoms with van der Waals surface area (Å²) in [5.74, 6) is 1.000. The predicted molar refractivity (Wildman–Crippen MR) is 134 cm³/mol. The number of nitrogens with zero attached hydrogens (tertiary/aromatic N) is 1. The largest absolute Gasteiger partial charge is 0.455 e. The fourth-order valence-corrected chi connectivity index (χ4v) is 4.22. The molecule has 33 heavy (non-hydrogen) atoms. The summed E-state index contributed by atoms with van der Waals surface area (Å²) in [6.45, 7) is 1.84. The van der Waals surface area contributed by atoms with Crippen LogP contribution in [0.5, 0.6) is 11.5 Å². The monoisotopic (exact) mass is 454 g/mol. The van der Waals surface area contributed by atoms with Gasteiger partial charge in [-0.1, -0.05) is 60.1 Å². The molecule has 4 aromatic rings. The quantitative estimate of drug-likeness (QED) is 0.343. The van der Waals surface area contributed by atoms with Crippen LogP contribution in [0.25, 0.3) is 0 Å². The van der Waals surface area contributed by atoms with E-state index in [1.54, 1.807) is 18.2 Å². The van der Waals surface area contributed by atoms with Crippen molar-refractivity contribution in [3.63, 3.8) is 0 Å². The molecule has 4 aromatic carbocycles. The Bertz CT molecular complexity index is 1270. The van der Waals surface area contributed by atoms with Crippen molar-refractivity contribution in [3.8, 4) is 11.5 Å². The Morgan fingerprint density at radius 3 is 2.48 bits per heavy atom. The van der Waals surface area contributed by atoms with Crippen molar-refractivity contribution in [3.05, 3.63) is 119 Å². The predicted octanol–water partition coefficient (Wildman–Crippen LogP) is 6.95. The molecule has 5 rings (SSSR count). The van der Waals surface area contributed by atoms with Crippen molar-refractivity contribution >= 4 is 28.9 Å². The summed E-state index contributed by atoms with van der Waals surface area (Å²) >= 11 is 6.18. The fourth-order valence-electron chi connectivity index (χ4n) is 4.05. The number of carbonyl (C=O) groups excluding carboxylic acids is 1. The summed E-state index contributed by atoms with van der Waals surface area (Å²) in [5.41, 5.74) is 4.95. The third-order valence-corrected chi connectivity index (χ3v) is 5.97. The van der Waals surface area contributed by atoms with Gasteiger partial charge >= 0.3 is 0 Å². The average molecular weight is 455 g/mol. The number of amides is 1. The van der Waals surface area contributed by atoms with E-state index in [1.807, 2.05) is 54.6 Å². The van der Waals surface area contributed by atoms with Gasteiger partial charge < -0.3 is 15.0 Å². The SMILES string of the molecule is O=C(Nc1cc(Cl)ccc1Oc1ccccc1)c1ccc(CN2CCc3ccccc32)cc1. The summed E-state index contributed by atoms with van der Waals surface area (Å²) in [5, 5.41) is 3.46. The molecule has 1 heterocycles. The lowest BCUT2D eigenvalue weighted by atomic mass is 10.1. The molecule has 0 radical (unpaired) electrons. The minimum Gasteiger partial charge on any atom is -0.455 e. The summed E-state index contributed by atoms with van der Waals surface area (Å²) in [6.07, 6.45) is 1.07. The molecule has 0 fully saturated rings. The van der Waals surface area contributed by atoms with Crippen LogP contribution in [0.3, 0.4) is 0 Å². The van der Waals surface area contributed by atoms with E-state index in [0.29, 0.717) is 27.8 Å². The number of nitrogens with one attached hydrogen (secondary N) is 1. The highest BCUT2D eigenvalue weighted by molar-refractivity contribution is 6.31. The zero-order chi connectivity index (χ0) is 22.6. The topological polar surface area (TPSA) is 41.6 Å². The molecule has 164 valence electrons. The van der Waals surface area contributed by atoms with Gasteiger partial charge in [-0.05, 0) is 66.1 Å². The maximum atomic E-state index is 12.9. The number of ether oxygens (including phenoxy) is 1. The highest BCUT2D eigenvalue weighted by Gasteiger charge is 2.18. The van der Waals surface area contributed by atoms with E-state index in [-0.39, 0.29) is 5.91 Å². The van der Waals surface area contributed by atoms with Crippen molar-refractivity contribution in [1.29, 1.82) is 0 Å². The van der Waals surface area contributed by atoms with Gasteiger partial charge in [0.25, 0.3) is 5.91 Å². The summed E-state index contributed by atoms with van der Waals surface area (Å²) < 4.78 is 5.94. The van der Waals surface area contributed by atoms with Crippen LogP contribution in [0.15, 0.2) is 97.1 Å². The van der Waals surface area contributed by atoms with Crippen LogP contribution in [0, 0.1) is 0 Å². The standard InChI is InChI=1S/C28H23ClN2O2/c29-23-14-15-27(33-24-7-2-1-3-8-24)25(18-23)30-28(32)22-12-10-20(11-13-22)19-31-17-16-21-6-4-5-9-26(21)31/h1-15,18H,16-17,19H2,(H,30,32). The number of fused-ring (bicyclic) bond motifs is 1. The van der Waals surface area contributed by atoms with Crippen molar-refractivity contribution in [2.24, 2.45) is 0 Å². The number of para-hydroxylation sites is 2. The van der Waals surface area contributed by atoms with Crippen molar-refractivity contribution < 1.29 is 9.53 Å². The minimum absolute atomic E-state index is 0.215. The minimum atomic E-state index is -0.215. The first kappa shape index (κ1) is 21.1. The molecule has 1 amide bonds. The molecule has 0 unspecified atom stereocenters. The van der Waals surface area contributed by atoms with Crippen LogP contribution >= 0.6 is 11.6 Å². The Hall–Kier alpha value is -3.76. The van der Waals surface area contributed by atoms with E-state index in [4.69, 9.17) is 16.3 Å². The number of anilines is 2. The van der Waals surface area contributed by atoms with Gasteiger partial charge in [0.15, 0.2) is 5.75 Å². The van der Waals surface area contributed by atoms with Gasteiger partial charge in [-0.3, -0.25) is 4.79 Å². The average Bonchev–Trinajstić information content (AvgIpc) is 3.25. The van der Waals surface area contributed by atoms with Gasteiger partial charge in [0.1, 0.15) is 5.75 Å². The van der Waals surface area contributed by atoms with E-state index in [0.717, 1.165) is 19.5 Å². The molecule has 0 atom stereocenters. The smallest absolute Gasteiger partial charge is 0.255 e. The third-order valence-electron chi connectivity index (χ3n) is 5.73. The number of benzene rings is 4. The van der Waals surface area contributed by atoms with E-state index in [1.165, 1.54) is 16.8 Å². The van der Waals surface area contributed by atoms with Gasteiger partial charge in [0.2, 0.25) is 0 Å². The van der Waals surface area contributed by atoms with Crippen LogP contribution in [0.4, 0.5) is 11.4 Å². The molecule has 0 spiro atoms. The maximum absolute atomic E-state index is 12.9. The van der Waals surface area contributed by atoms with E-state index >= 15 is 0 Å². The lowest BCUT2D eigenvalue weighted by molar-refractivity contribution is 0.102. The number of hydrogen-bond acceptors (Lipinski definition) is 3. The zero-order valence-electron chi connectivity index (χ0n) is 18.0. The molecule has 4 nitrogen and oxygen atoms in total. The molecule has 0 aliphatic carbocycles. The molecule has 1 aliphatic heterocycles. The highest BCUT2D eigenvalue weighted by Crippen LogP contribution is 2.32. The first-order valence-corrected chi connectivity index (χ1v) is 11.3. The van der Waals surface area contributed by atoms with Crippen molar-refractivity contribution in [1.82, 2.24) is 0 Å². The molecular weight excluding hydrogens is 432 g/mol. The molecule has 1 N–H and O–H groups in total. The fraction of sp³-hybridized carbons (Fsp3) is 0.107. The number of carbonyl (C=O) groups is 1. The summed E-state index contributed by atoms with van der Waals surface area (Å²) in [6, 6.07) is 30.9. The van der Waals surface area contributed by atoms with E-state index in [9.17, 15) is 4.79 Å². The molecular formula is C28H23ClN2O2. The van der Waals surface area contributed by atoms with Crippen molar-refractivity contribution in [2.75, 3.05) is 16.8 Å². The number of rotatable bonds is 6. The molecule has 5 heteroatoms. The summed E-state index contributed by atoms with van der Waals surface area (Å²) in [7, 11) is 0. The molecule has 0 bridgehead atoms. The van der Waals surface area contributed by atoms with E-state index in [2.05, 4.69) is 34.5 Å². The van der Waals surface area contributed by atoms with Gasteiger partial charge in [0.05, 0.1) is 5.69 Å². The Morgan fingerprint density at radius 1 is 0.909 bits per heavy atom. The zero-order valence-corrected chi connectivity index (χ0v) is 18.8. The van der Waals surface area contributed by atoms with Crippen molar-refractivity contribution in [2.45, 2.75) is 13.0 Å². The lowest BCUT2D eigenvalue weighted by Crippen LogP contribution is -2.19. The second-order valence-electron chi connectivity index (χ2n) is 8.01. The maximum Gasteiger partial charge on any atom is 0.255 e. The molecule has 1 aliphatic rings. The van der Waals surface area contributed by atoms with Crippen LogP contribution in [0.1, 0.15) is 21.5 Å². The first-order chi connectivity index (χ1) is 16.2. The lowest BCUT2D eigenvalue weighted by Gasteiger charge is -2.19. The Kier molecular flexibility index (Phi) is 6.01.